The monoisotopic (exact) mass is 537 g/mol. The van der Waals surface area contributed by atoms with Gasteiger partial charge in [-0.2, -0.15) is 0 Å². The van der Waals surface area contributed by atoms with Crippen LogP contribution in [0.1, 0.15) is 49.7 Å². The number of thioether (sulfide) groups is 1. The van der Waals surface area contributed by atoms with Crippen molar-refractivity contribution in [2.24, 2.45) is 23.2 Å². The van der Waals surface area contributed by atoms with Crippen molar-refractivity contribution in [1.82, 2.24) is 4.90 Å². The summed E-state index contributed by atoms with van der Waals surface area (Å²) in [6, 6.07) is 12.4. The van der Waals surface area contributed by atoms with E-state index in [4.69, 9.17) is 21.1 Å². The first-order valence-corrected chi connectivity index (χ1v) is 13.9. The maximum Gasteiger partial charge on any atom is 0.317 e. The Morgan fingerprint density at radius 2 is 1.73 bits per heavy atom. The summed E-state index contributed by atoms with van der Waals surface area (Å²) in [5.74, 6) is 2.24. The molecule has 0 spiro atoms. The minimum atomic E-state index is -0.369. The number of methoxy groups -OCH3 is 1. The molecule has 8 heteroatoms. The SMILES string of the molecule is COc1cc(/C=C2\SC(=O)N(Cc3ccccc3Cl)C2=O)ccc1OC(=O)C12CC3CC(CC(C3)C1)C2. The van der Waals surface area contributed by atoms with Gasteiger partial charge >= 0.3 is 5.97 Å². The molecule has 0 unspecified atom stereocenters. The Morgan fingerprint density at radius 3 is 2.38 bits per heavy atom. The number of ether oxygens (including phenoxy) is 2. The number of rotatable bonds is 6. The summed E-state index contributed by atoms with van der Waals surface area (Å²) >= 11 is 7.11. The van der Waals surface area contributed by atoms with E-state index in [2.05, 4.69) is 0 Å². The van der Waals surface area contributed by atoms with Gasteiger partial charge < -0.3 is 9.47 Å². The largest absolute Gasteiger partial charge is 0.493 e. The number of benzene rings is 2. The number of hydrogen-bond acceptors (Lipinski definition) is 6. The second-order valence-electron chi connectivity index (χ2n) is 10.9. The molecule has 4 aliphatic carbocycles. The molecule has 1 aliphatic heterocycles. The molecule has 4 saturated carbocycles. The Balaban J connectivity index is 1.18. The number of hydrogen-bond donors (Lipinski definition) is 0. The number of imide groups is 1. The summed E-state index contributed by atoms with van der Waals surface area (Å²) in [5, 5.41) is 0.165. The van der Waals surface area contributed by atoms with Gasteiger partial charge in [0.05, 0.1) is 24.0 Å². The summed E-state index contributed by atoms with van der Waals surface area (Å²) in [5.41, 5.74) is 1.02. The molecule has 37 heavy (non-hydrogen) atoms. The van der Waals surface area contributed by atoms with Crippen LogP contribution in [0, 0.1) is 23.2 Å². The highest BCUT2D eigenvalue weighted by Crippen LogP contribution is 2.60. The van der Waals surface area contributed by atoms with Crippen molar-refractivity contribution in [3.63, 3.8) is 0 Å². The first-order chi connectivity index (χ1) is 17.8. The van der Waals surface area contributed by atoms with E-state index in [1.165, 1.54) is 31.3 Å². The summed E-state index contributed by atoms with van der Waals surface area (Å²) in [7, 11) is 1.53. The summed E-state index contributed by atoms with van der Waals surface area (Å²) in [6.07, 6.45) is 8.23. The molecular formula is C29H28ClNO5S. The van der Waals surface area contributed by atoms with Gasteiger partial charge in [-0.3, -0.25) is 19.3 Å². The van der Waals surface area contributed by atoms with Crippen LogP contribution in [-0.2, 0) is 16.1 Å². The standard InChI is InChI=1S/C29H28ClNO5S/c1-35-24-11-17(12-25-26(32)31(28(34)37-25)16-21-4-2-3-5-22(21)30)6-7-23(24)36-27(33)29-13-18-8-19(14-29)10-20(9-18)15-29/h2-7,11-12,18-20H,8-10,13-16H2,1H3/b25-12-. The van der Waals surface area contributed by atoms with E-state index < -0.39 is 0 Å². The number of carbonyl (C=O) groups excluding carboxylic acids is 3. The van der Waals surface area contributed by atoms with E-state index in [0.717, 1.165) is 31.0 Å². The van der Waals surface area contributed by atoms with Crippen LogP contribution in [0.5, 0.6) is 11.5 Å². The van der Waals surface area contributed by atoms with Crippen LogP contribution in [-0.4, -0.2) is 29.1 Å². The Kier molecular flexibility index (Phi) is 6.32. The predicted octanol–water partition coefficient (Wildman–Crippen LogP) is 6.71. The average Bonchev–Trinajstić information content (AvgIpc) is 3.12. The molecule has 1 saturated heterocycles. The number of halogens is 1. The highest BCUT2D eigenvalue weighted by atomic mass is 35.5. The Bertz CT molecular complexity index is 1290. The number of nitrogens with zero attached hydrogens (tertiary/aromatic N) is 1. The van der Waals surface area contributed by atoms with Gasteiger partial charge in [0.25, 0.3) is 11.1 Å². The van der Waals surface area contributed by atoms with Crippen molar-refractivity contribution in [3.05, 3.63) is 63.5 Å². The molecule has 2 aromatic rings. The topological polar surface area (TPSA) is 72.9 Å². The smallest absolute Gasteiger partial charge is 0.317 e. The van der Waals surface area contributed by atoms with Crippen LogP contribution < -0.4 is 9.47 Å². The second-order valence-corrected chi connectivity index (χ2v) is 12.3. The second kappa shape index (κ2) is 9.52. The molecule has 4 bridgehead atoms. The van der Waals surface area contributed by atoms with Crippen molar-refractivity contribution in [3.8, 4) is 11.5 Å². The first kappa shape index (κ1) is 24.6. The van der Waals surface area contributed by atoms with Crippen molar-refractivity contribution in [1.29, 1.82) is 0 Å². The third-order valence-corrected chi connectivity index (χ3v) is 9.60. The fourth-order valence-corrected chi connectivity index (χ4v) is 8.05. The molecule has 0 radical (unpaired) electrons. The fourth-order valence-electron chi connectivity index (χ4n) is 7.01. The van der Waals surface area contributed by atoms with Crippen molar-refractivity contribution in [2.75, 3.05) is 7.11 Å². The predicted molar refractivity (Wildman–Crippen MR) is 142 cm³/mol. The fraction of sp³-hybridized carbons (Fsp3) is 0.414. The lowest BCUT2D eigenvalue weighted by molar-refractivity contribution is -0.161. The van der Waals surface area contributed by atoms with Crippen molar-refractivity contribution < 1.29 is 23.9 Å². The molecule has 5 aliphatic rings. The lowest BCUT2D eigenvalue weighted by Gasteiger charge is -2.55. The summed E-state index contributed by atoms with van der Waals surface area (Å²) in [6.45, 7) is 0.115. The van der Waals surface area contributed by atoms with Crippen LogP contribution >= 0.6 is 23.4 Å². The highest BCUT2D eigenvalue weighted by Gasteiger charge is 2.55. The zero-order valence-electron chi connectivity index (χ0n) is 20.6. The zero-order valence-corrected chi connectivity index (χ0v) is 22.1. The van der Waals surface area contributed by atoms with Gasteiger partial charge in [-0.1, -0.05) is 35.9 Å². The van der Waals surface area contributed by atoms with E-state index in [0.29, 0.717) is 50.3 Å². The van der Waals surface area contributed by atoms with Crippen LogP contribution in [0.4, 0.5) is 4.79 Å². The van der Waals surface area contributed by atoms with Gasteiger partial charge in [0.1, 0.15) is 0 Å². The van der Waals surface area contributed by atoms with Gasteiger partial charge in [0.15, 0.2) is 11.5 Å². The molecule has 2 amide bonds. The van der Waals surface area contributed by atoms with Gasteiger partial charge in [0, 0.05) is 5.02 Å². The highest BCUT2D eigenvalue weighted by molar-refractivity contribution is 8.18. The summed E-state index contributed by atoms with van der Waals surface area (Å²) < 4.78 is 11.5. The molecule has 6 nitrogen and oxygen atoms in total. The molecule has 0 atom stereocenters. The lowest BCUT2D eigenvalue weighted by atomic mass is 9.49. The van der Waals surface area contributed by atoms with E-state index in [1.54, 1.807) is 42.5 Å². The van der Waals surface area contributed by atoms with E-state index in [1.807, 2.05) is 6.07 Å². The van der Waals surface area contributed by atoms with Gasteiger partial charge in [-0.15, -0.1) is 0 Å². The summed E-state index contributed by atoms with van der Waals surface area (Å²) in [4.78, 5) is 40.5. The Morgan fingerprint density at radius 1 is 1.05 bits per heavy atom. The van der Waals surface area contributed by atoms with Gasteiger partial charge in [0.2, 0.25) is 0 Å². The third kappa shape index (κ3) is 4.57. The van der Waals surface area contributed by atoms with Gasteiger partial charge in [-0.05, 0) is 103 Å². The molecule has 5 fully saturated rings. The molecule has 0 N–H and O–H groups in total. The Hall–Kier alpha value is -2.77. The maximum absolute atomic E-state index is 13.4. The number of esters is 1. The Labute approximate surface area is 225 Å². The van der Waals surface area contributed by atoms with Gasteiger partial charge in [-0.25, -0.2) is 0 Å². The molecule has 1 heterocycles. The number of amides is 2. The number of carbonyl (C=O) groups is 3. The van der Waals surface area contributed by atoms with Crippen LogP contribution in [0.3, 0.4) is 0 Å². The molecule has 0 aromatic heterocycles. The molecule has 2 aromatic carbocycles. The third-order valence-electron chi connectivity index (χ3n) is 8.32. The van der Waals surface area contributed by atoms with E-state index in [9.17, 15) is 14.4 Å². The van der Waals surface area contributed by atoms with E-state index >= 15 is 0 Å². The van der Waals surface area contributed by atoms with Crippen LogP contribution in [0.2, 0.25) is 5.02 Å². The molecule has 192 valence electrons. The molecule has 7 rings (SSSR count). The van der Waals surface area contributed by atoms with E-state index in [-0.39, 0.29) is 29.1 Å². The van der Waals surface area contributed by atoms with Crippen molar-refractivity contribution in [2.45, 2.75) is 45.1 Å². The molecular weight excluding hydrogens is 510 g/mol. The lowest BCUT2D eigenvalue weighted by Crippen LogP contribution is -2.51. The normalized spacial score (nSPS) is 29.3. The maximum atomic E-state index is 13.4. The minimum Gasteiger partial charge on any atom is -0.493 e. The van der Waals surface area contributed by atoms with Crippen molar-refractivity contribution >= 4 is 46.6 Å². The van der Waals surface area contributed by atoms with Crippen LogP contribution in [0.15, 0.2) is 47.4 Å². The first-order valence-electron chi connectivity index (χ1n) is 12.7. The quantitative estimate of drug-likeness (QED) is 0.232. The average molecular weight is 538 g/mol. The van der Waals surface area contributed by atoms with Crippen LogP contribution in [0.25, 0.3) is 6.08 Å². The zero-order chi connectivity index (χ0) is 25.7. The minimum absolute atomic E-state index is 0.115.